The highest BCUT2D eigenvalue weighted by atomic mass is 19.1. The lowest BCUT2D eigenvalue weighted by molar-refractivity contribution is 0.0950. The Morgan fingerprint density at radius 2 is 1.92 bits per heavy atom. The van der Waals surface area contributed by atoms with Crippen molar-refractivity contribution in [1.29, 1.82) is 0 Å². The zero-order chi connectivity index (χ0) is 17.9. The summed E-state index contributed by atoms with van der Waals surface area (Å²) in [5.74, 6) is 0.659. The van der Waals surface area contributed by atoms with Crippen LogP contribution in [0.1, 0.15) is 35.2 Å². The van der Waals surface area contributed by atoms with Crippen molar-refractivity contribution in [1.82, 2.24) is 15.6 Å². The summed E-state index contributed by atoms with van der Waals surface area (Å²) in [4.78, 5) is 18.7. The Balaban J connectivity index is 1.28. The summed E-state index contributed by atoms with van der Waals surface area (Å²) in [7, 11) is 0. The zero-order valence-electron chi connectivity index (χ0n) is 14.6. The van der Waals surface area contributed by atoms with Gasteiger partial charge in [-0.1, -0.05) is 12.1 Å². The SMILES string of the molecule is O=C(NC1CC1)c1ccc(N2CC[C@H](NCc3ccc(F)cc3)C2)nc1. The number of nitrogens with one attached hydrogen (secondary N) is 2. The van der Waals surface area contributed by atoms with E-state index in [0.717, 1.165) is 50.3 Å². The lowest BCUT2D eigenvalue weighted by Crippen LogP contribution is -2.32. The molecule has 2 heterocycles. The van der Waals surface area contributed by atoms with Gasteiger partial charge in [0.15, 0.2) is 0 Å². The molecule has 136 valence electrons. The van der Waals surface area contributed by atoms with Crippen LogP contribution >= 0.6 is 0 Å². The van der Waals surface area contributed by atoms with Gasteiger partial charge in [0.2, 0.25) is 0 Å². The fourth-order valence-electron chi connectivity index (χ4n) is 3.20. The van der Waals surface area contributed by atoms with Gasteiger partial charge in [-0.15, -0.1) is 0 Å². The molecule has 1 aliphatic carbocycles. The molecule has 1 saturated carbocycles. The average Bonchev–Trinajstić information content (AvgIpc) is 3.35. The lowest BCUT2D eigenvalue weighted by atomic mass is 10.2. The smallest absolute Gasteiger partial charge is 0.253 e. The first-order chi connectivity index (χ1) is 12.7. The van der Waals surface area contributed by atoms with Crippen LogP contribution in [-0.4, -0.2) is 36.1 Å². The molecule has 0 bridgehead atoms. The lowest BCUT2D eigenvalue weighted by Gasteiger charge is -2.18. The minimum atomic E-state index is -0.207. The standard InChI is InChI=1S/C20H23FN4O/c21-16-4-1-14(2-5-16)11-22-18-9-10-25(13-18)19-8-3-15(12-23-19)20(26)24-17-6-7-17/h1-5,8,12,17-18,22H,6-7,9-11,13H2,(H,24,26)/t18-/m0/s1. The van der Waals surface area contributed by atoms with Crippen LogP contribution in [-0.2, 0) is 6.54 Å². The first-order valence-electron chi connectivity index (χ1n) is 9.17. The number of pyridine rings is 1. The maximum Gasteiger partial charge on any atom is 0.253 e. The van der Waals surface area contributed by atoms with Gasteiger partial charge in [-0.2, -0.15) is 0 Å². The molecule has 2 aliphatic rings. The summed E-state index contributed by atoms with van der Waals surface area (Å²) in [5, 5.41) is 6.50. The van der Waals surface area contributed by atoms with E-state index >= 15 is 0 Å². The summed E-state index contributed by atoms with van der Waals surface area (Å²) in [6, 6.07) is 11.1. The van der Waals surface area contributed by atoms with Crippen LogP contribution in [0.4, 0.5) is 10.2 Å². The Kier molecular flexibility index (Phi) is 4.84. The van der Waals surface area contributed by atoms with Crippen LogP contribution in [0.3, 0.4) is 0 Å². The Bertz CT molecular complexity index is 758. The van der Waals surface area contributed by atoms with Crippen LogP contribution in [0.2, 0.25) is 0 Å². The Hall–Kier alpha value is -2.47. The number of carbonyl (C=O) groups is 1. The molecule has 0 unspecified atom stereocenters. The van der Waals surface area contributed by atoms with E-state index in [1.807, 2.05) is 24.3 Å². The fourth-order valence-corrected chi connectivity index (χ4v) is 3.20. The van der Waals surface area contributed by atoms with Crippen molar-refractivity contribution in [3.05, 3.63) is 59.5 Å². The van der Waals surface area contributed by atoms with Crippen LogP contribution in [0.15, 0.2) is 42.6 Å². The van der Waals surface area contributed by atoms with Gasteiger partial charge in [0.1, 0.15) is 11.6 Å². The maximum atomic E-state index is 13.0. The third kappa shape index (κ3) is 4.19. The number of amides is 1. The highest BCUT2D eigenvalue weighted by molar-refractivity contribution is 5.94. The molecule has 2 fully saturated rings. The zero-order valence-corrected chi connectivity index (χ0v) is 14.6. The van der Waals surface area contributed by atoms with E-state index in [0.29, 0.717) is 17.6 Å². The van der Waals surface area contributed by atoms with Crippen LogP contribution in [0.5, 0.6) is 0 Å². The molecule has 1 aromatic heterocycles. The van der Waals surface area contributed by atoms with Crippen molar-refractivity contribution in [2.24, 2.45) is 0 Å². The molecule has 4 rings (SSSR count). The summed E-state index contributed by atoms with van der Waals surface area (Å²) in [6.45, 7) is 2.54. The molecule has 6 heteroatoms. The summed E-state index contributed by atoms with van der Waals surface area (Å²) >= 11 is 0. The Labute approximate surface area is 152 Å². The summed E-state index contributed by atoms with van der Waals surface area (Å²) in [6.07, 6.45) is 4.85. The van der Waals surface area contributed by atoms with Crippen LogP contribution in [0.25, 0.3) is 0 Å². The second-order valence-electron chi connectivity index (χ2n) is 7.09. The number of nitrogens with zero attached hydrogens (tertiary/aromatic N) is 2. The van der Waals surface area contributed by atoms with Crippen molar-refractivity contribution in [3.8, 4) is 0 Å². The van der Waals surface area contributed by atoms with Gasteiger partial charge in [0, 0.05) is 37.9 Å². The number of rotatable bonds is 6. The van der Waals surface area contributed by atoms with E-state index < -0.39 is 0 Å². The average molecular weight is 354 g/mol. The normalized spacial score (nSPS) is 19.6. The predicted octanol–water partition coefficient (Wildman–Crippen LogP) is 2.48. The van der Waals surface area contributed by atoms with Crippen molar-refractivity contribution in [3.63, 3.8) is 0 Å². The molecule has 1 saturated heterocycles. The van der Waals surface area contributed by atoms with Crippen molar-refractivity contribution >= 4 is 11.7 Å². The first-order valence-corrected chi connectivity index (χ1v) is 9.17. The minimum Gasteiger partial charge on any atom is -0.355 e. The molecular formula is C20H23FN4O. The first kappa shape index (κ1) is 17.0. The number of anilines is 1. The Morgan fingerprint density at radius 3 is 2.62 bits per heavy atom. The van der Waals surface area contributed by atoms with Gasteiger partial charge < -0.3 is 15.5 Å². The Morgan fingerprint density at radius 1 is 1.12 bits per heavy atom. The summed E-state index contributed by atoms with van der Waals surface area (Å²) in [5.41, 5.74) is 1.69. The highest BCUT2D eigenvalue weighted by Crippen LogP contribution is 2.21. The molecule has 26 heavy (non-hydrogen) atoms. The second-order valence-corrected chi connectivity index (χ2v) is 7.09. The monoisotopic (exact) mass is 354 g/mol. The summed E-state index contributed by atoms with van der Waals surface area (Å²) < 4.78 is 13.0. The largest absolute Gasteiger partial charge is 0.355 e. The quantitative estimate of drug-likeness (QED) is 0.837. The number of carbonyl (C=O) groups excluding carboxylic acids is 1. The van der Waals surface area contributed by atoms with E-state index in [9.17, 15) is 9.18 Å². The topological polar surface area (TPSA) is 57.3 Å². The highest BCUT2D eigenvalue weighted by Gasteiger charge is 2.25. The molecule has 0 spiro atoms. The van der Waals surface area contributed by atoms with E-state index in [4.69, 9.17) is 0 Å². The number of aromatic nitrogens is 1. The molecule has 0 radical (unpaired) electrons. The van der Waals surface area contributed by atoms with E-state index in [1.54, 1.807) is 6.20 Å². The van der Waals surface area contributed by atoms with Crippen LogP contribution < -0.4 is 15.5 Å². The molecule has 1 amide bonds. The van der Waals surface area contributed by atoms with E-state index in [1.165, 1.54) is 12.1 Å². The molecular weight excluding hydrogens is 331 g/mol. The molecule has 1 atom stereocenters. The number of hydrogen-bond donors (Lipinski definition) is 2. The fraction of sp³-hybridized carbons (Fsp3) is 0.400. The van der Waals surface area contributed by atoms with Gasteiger partial charge in [0.05, 0.1) is 5.56 Å². The predicted molar refractivity (Wildman–Crippen MR) is 98.6 cm³/mol. The van der Waals surface area contributed by atoms with Gasteiger partial charge in [0.25, 0.3) is 5.91 Å². The van der Waals surface area contributed by atoms with Gasteiger partial charge in [-0.25, -0.2) is 9.37 Å². The van der Waals surface area contributed by atoms with E-state index in [-0.39, 0.29) is 11.7 Å². The molecule has 2 N–H and O–H groups in total. The van der Waals surface area contributed by atoms with Gasteiger partial charge in [-0.05, 0) is 49.1 Å². The number of hydrogen-bond acceptors (Lipinski definition) is 4. The number of halogens is 1. The molecule has 1 aliphatic heterocycles. The van der Waals surface area contributed by atoms with Gasteiger partial charge in [-0.3, -0.25) is 4.79 Å². The van der Waals surface area contributed by atoms with Crippen LogP contribution in [0, 0.1) is 5.82 Å². The van der Waals surface area contributed by atoms with Crippen molar-refractivity contribution in [2.45, 2.75) is 37.9 Å². The van der Waals surface area contributed by atoms with Crippen molar-refractivity contribution < 1.29 is 9.18 Å². The molecule has 5 nitrogen and oxygen atoms in total. The third-order valence-corrected chi connectivity index (χ3v) is 4.94. The second kappa shape index (κ2) is 7.41. The van der Waals surface area contributed by atoms with E-state index in [2.05, 4.69) is 20.5 Å². The minimum absolute atomic E-state index is 0.0354. The third-order valence-electron chi connectivity index (χ3n) is 4.94. The van der Waals surface area contributed by atoms with Gasteiger partial charge >= 0.3 is 0 Å². The number of benzene rings is 1. The maximum absolute atomic E-state index is 13.0. The van der Waals surface area contributed by atoms with Crippen molar-refractivity contribution in [2.75, 3.05) is 18.0 Å². The molecule has 2 aromatic rings. The molecule has 1 aromatic carbocycles.